The van der Waals surface area contributed by atoms with Gasteiger partial charge in [0, 0.05) is 12.5 Å². The number of hydrogen-bond acceptors (Lipinski definition) is 2. The smallest absolute Gasteiger partial charge is 0.161 e. The van der Waals surface area contributed by atoms with Gasteiger partial charge in [-0.05, 0) is 12.5 Å². The summed E-state index contributed by atoms with van der Waals surface area (Å²) in [6.07, 6.45) is 1.25. The highest BCUT2D eigenvalue weighted by atomic mass is 28.2. The number of hydrogen-bond donors (Lipinski definition) is 0. The van der Waals surface area contributed by atoms with E-state index >= 15 is 0 Å². The van der Waals surface area contributed by atoms with Gasteiger partial charge >= 0.3 is 0 Å². The van der Waals surface area contributed by atoms with E-state index < -0.39 is 0 Å². The fourth-order valence-corrected chi connectivity index (χ4v) is 2.51. The van der Waals surface area contributed by atoms with Gasteiger partial charge in [0.1, 0.15) is 0 Å². The average molecular weight is 160 g/mol. The molecule has 0 aromatic rings. The van der Waals surface area contributed by atoms with Crippen LogP contribution >= 0.6 is 0 Å². The first-order valence-corrected chi connectivity index (χ1v) is 5.47. The summed E-state index contributed by atoms with van der Waals surface area (Å²) in [4.78, 5) is 0. The lowest BCUT2D eigenvalue weighted by molar-refractivity contribution is -0.103. The molecule has 1 aliphatic rings. The molecular weight excluding hydrogens is 144 g/mol. The minimum absolute atomic E-state index is 0.233. The van der Waals surface area contributed by atoms with Gasteiger partial charge in [-0.3, -0.25) is 0 Å². The molecule has 1 aliphatic heterocycles. The Bertz CT molecular complexity index is 96.3. The summed E-state index contributed by atoms with van der Waals surface area (Å²) in [5.41, 5.74) is 0.530. The molecule has 2 nitrogen and oxygen atoms in total. The van der Waals surface area contributed by atoms with Crippen molar-refractivity contribution in [1.29, 1.82) is 0 Å². The highest BCUT2D eigenvalue weighted by molar-refractivity contribution is 6.27. The van der Waals surface area contributed by atoms with Crippen LogP contribution in [-0.4, -0.2) is 30.1 Å². The van der Waals surface area contributed by atoms with Crippen LogP contribution in [0, 0.1) is 5.41 Å². The van der Waals surface area contributed by atoms with Gasteiger partial charge in [0.2, 0.25) is 0 Å². The van der Waals surface area contributed by atoms with E-state index in [1.807, 2.05) is 7.11 Å². The summed E-state index contributed by atoms with van der Waals surface area (Å²) in [6, 6.07) is 1.29. The van der Waals surface area contributed by atoms with E-state index in [1.54, 1.807) is 0 Å². The van der Waals surface area contributed by atoms with Gasteiger partial charge < -0.3 is 9.16 Å². The van der Waals surface area contributed by atoms with E-state index in [2.05, 4.69) is 6.92 Å². The van der Waals surface area contributed by atoms with Crippen LogP contribution in [-0.2, 0) is 9.16 Å². The molecule has 0 amide bonds. The molecule has 10 heavy (non-hydrogen) atoms. The largest absolute Gasteiger partial charge is 0.427 e. The lowest BCUT2D eigenvalue weighted by atomic mass is 9.85. The molecule has 0 saturated carbocycles. The van der Waals surface area contributed by atoms with Crippen LogP contribution in [0.3, 0.4) is 0 Å². The standard InChI is InChI=1S/C7H16O2Si/c1-3-7(4-9-5-7)6-10-8-2/h3-6,10H2,1-2H3. The Labute approximate surface area is 64.8 Å². The molecule has 0 atom stereocenters. The van der Waals surface area contributed by atoms with Crippen LogP contribution in [0.15, 0.2) is 0 Å². The molecule has 3 heteroatoms. The van der Waals surface area contributed by atoms with E-state index in [4.69, 9.17) is 9.16 Å². The van der Waals surface area contributed by atoms with Crippen molar-refractivity contribution in [2.24, 2.45) is 5.41 Å². The molecule has 0 N–H and O–H groups in total. The Kier molecular flexibility index (Phi) is 2.89. The maximum absolute atomic E-state index is 5.19. The van der Waals surface area contributed by atoms with Crippen LogP contribution in [0.1, 0.15) is 13.3 Å². The topological polar surface area (TPSA) is 18.5 Å². The van der Waals surface area contributed by atoms with Crippen LogP contribution in [0.4, 0.5) is 0 Å². The molecule has 0 spiro atoms. The third-order valence-corrected chi connectivity index (χ3v) is 4.08. The van der Waals surface area contributed by atoms with Crippen LogP contribution in [0.5, 0.6) is 0 Å². The molecule has 0 aromatic carbocycles. The Balaban J connectivity index is 2.20. The predicted octanol–water partition coefficient (Wildman–Crippen LogP) is 0.561. The number of ether oxygens (including phenoxy) is 1. The van der Waals surface area contributed by atoms with Crippen LogP contribution in [0.2, 0.25) is 6.04 Å². The quantitative estimate of drug-likeness (QED) is 0.560. The Morgan fingerprint density at radius 1 is 1.60 bits per heavy atom. The molecule has 0 aliphatic carbocycles. The predicted molar refractivity (Wildman–Crippen MR) is 43.9 cm³/mol. The zero-order chi connectivity index (χ0) is 7.45. The highest BCUT2D eigenvalue weighted by Crippen LogP contribution is 2.34. The van der Waals surface area contributed by atoms with Gasteiger partial charge in [0.25, 0.3) is 0 Å². The molecule has 1 saturated heterocycles. The van der Waals surface area contributed by atoms with Crippen LogP contribution in [0.25, 0.3) is 0 Å². The van der Waals surface area contributed by atoms with E-state index in [-0.39, 0.29) is 9.76 Å². The lowest BCUT2D eigenvalue weighted by Gasteiger charge is -2.40. The molecule has 60 valence electrons. The number of rotatable bonds is 4. The normalized spacial score (nSPS) is 23.4. The fraction of sp³-hybridized carbons (Fsp3) is 1.00. The van der Waals surface area contributed by atoms with Crippen molar-refractivity contribution in [2.45, 2.75) is 19.4 Å². The molecule has 0 unspecified atom stereocenters. The van der Waals surface area contributed by atoms with Gasteiger partial charge in [0.15, 0.2) is 9.76 Å². The summed E-state index contributed by atoms with van der Waals surface area (Å²) in [5, 5.41) is 0. The maximum atomic E-state index is 5.19. The van der Waals surface area contributed by atoms with Crippen molar-refractivity contribution in [2.75, 3.05) is 20.3 Å². The molecule has 1 fully saturated rings. The first kappa shape index (κ1) is 8.24. The summed E-state index contributed by atoms with van der Waals surface area (Å²) in [5.74, 6) is 0. The Morgan fingerprint density at radius 3 is 2.60 bits per heavy atom. The Hall–Kier alpha value is 0.137. The third kappa shape index (κ3) is 1.59. The SMILES string of the molecule is CCC1(C[SiH2]OC)COC1. The first-order chi connectivity index (χ1) is 4.83. The average Bonchev–Trinajstić information content (AvgIpc) is 1.87. The molecule has 0 bridgehead atoms. The van der Waals surface area contributed by atoms with Crippen molar-refractivity contribution >= 4 is 9.76 Å². The fourth-order valence-electron chi connectivity index (χ4n) is 1.23. The zero-order valence-electron chi connectivity index (χ0n) is 6.85. The van der Waals surface area contributed by atoms with Crippen molar-refractivity contribution in [3.63, 3.8) is 0 Å². The summed E-state index contributed by atoms with van der Waals surface area (Å²) in [6.45, 7) is 4.19. The second kappa shape index (κ2) is 3.51. The van der Waals surface area contributed by atoms with Gasteiger partial charge in [-0.15, -0.1) is 0 Å². The summed E-state index contributed by atoms with van der Waals surface area (Å²) in [7, 11) is 1.58. The van der Waals surface area contributed by atoms with Crippen molar-refractivity contribution < 1.29 is 9.16 Å². The minimum atomic E-state index is -0.233. The third-order valence-electron chi connectivity index (χ3n) is 2.40. The molecule has 1 rings (SSSR count). The minimum Gasteiger partial charge on any atom is -0.427 e. The second-order valence-corrected chi connectivity index (χ2v) is 4.57. The van der Waals surface area contributed by atoms with Gasteiger partial charge in [-0.1, -0.05) is 6.92 Å². The highest BCUT2D eigenvalue weighted by Gasteiger charge is 2.35. The molecule has 0 aromatic heterocycles. The first-order valence-electron chi connectivity index (χ1n) is 3.90. The van der Waals surface area contributed by atoms with Gasteiger partial charge in [0.05, 0.1) is 13.2 Å². The van der Waals surface area contributed by atoms with E-state index in [9.17, 15) is 0 Å². The van der Waals surface area contributed by atoms with Gasteiger partial charge in [-0.25, -0.2) is 0 Å². The lowest BCUT2D eigenvalue weighted by Crippen LogP contribution is -2.42. The van der Waals surface area contributed by atoms with E-state index in [0.29, 0.717) is 5.41 Å². The van der Waals surface area contributed by atoms with Crippen LogP contribution < -0.4 is 0 Å². The van der Waals surface area contributed by atoms with Crippen molar-refractivity contribution in [1.82, 2.24) is 0 Å². The monoisotopic (exact) mass is 160 g/mol. The summed E-state index contributed by atoms with van der Waals surface area (Å²) < 4.78 is 10.4. The molecular formula is C7H16O2Si. The maximum Gasteiger partial charge on any atom is 0.161 e. The van der Waals surface area contributed by atoms with E-state index in [1.165, 1.54) is 12.5 Å². The Morgan fingerprint density at radius 2 is 2.30 bits per heavy atom. The second-order valence-electron chi connectivity index (χ2n) is 3.09. The zero-order valence-corrected chi connectivity index (χ0v) is 8.27. The summed E-state index contributed by atoms with van der Waals surface area (Å²) >= 11 is 0. The molecule has 1 heterocycles. The van der Waals surface area contributed by atoms with Gasteiger partial charge in [-0.2, -0.15) is 0 Å². The van der Waals surface area contributed by atoms with Crippen molar-refractivity contribution in [3.8, 4) is 0 Å². The van der Waals surface area contributed by atoms with Crippen molar-refractivity contribution in [3.05, 3.63) is 0 Å². The molecule has 0 radical (unpaired) electrons. The van der Waals surface area contributed by atoms with E-state index in [0.717, 1.165) is 13.2 Å².